The number of hydrogen-bond acceptors (Lipinski definition) is 2. The highest BCUT2D eigenvalue weighted by molar-refractivity contribution is 9.10. The first kappa shape index (κ1) is 25.8. The maximum absolute atomic E-state index is 14.1. The Labute approximate surface area is 207 Å². The number of nitrogens with zero attached hydrogens (tertiary/aromatic N) is 1. The lowest BCUT2D eigenvalue weighted by atomic mass is 9.92. The van der Waals surface area contributed by atoms with Gasteiger partial charge >= 0.3 is 0 Å². The monoisotopic (exact) mass is 529 g/mol. The third-order valence-electron chi connectivity index (χ3n) is 5.75. The van der Waals surface area contributed by atoms with E-state index in [4.69, 9.17) is 0 Å². The van der Waals surface area contributed by atoms with Gasteiger partial charge in [0.15, 0.2) is 11.6 Å². The summed E-state index contributed by atoms with van der Waals surface area (Å²) in [7, 11) is 0. The zero-order valence-electron chi connectivity index (χ0n) is 19.3. The Hall–Kier alpha value is -2.86. The van der Waals surface area contributed by atoms with E-state index in [0.29, 0.717) is 12.1 Å². The van der Waals surface area contributed by atoms with Crippen LogP contribution in [-0.2, 0) is 12.8 Å². The van der Waals surface area contributed by atoms with Crippen molar-refractivity contribution in [3.05, 3.63) is 105 Å². The maximum Gasteiger partial charge on any atom is 0.164 e. The summed E-state index contributed by atoms with van der Waals surface area (Å²) in [5.74, 6) is -3.01. The molecular weight excluding hydrogens is 503 g/mol. The van der Waals surface area contributed by atoms with Crippen molar-refractivity contribution in [2.24, 2.45) is 0 Å². The molecule has 0 aliphatic heterocycles. The largest absolute Gasteiger partial charge is 0.506 e. The minimum absolute atomic E-state index is 0.0464. The van der Waals surface area contributed by atoms with Crippen LogP contribution in [0.5, 0.6) is 0 Å². The first-order chi connectivity index (χ1) is 16.3. The highest BCUT2D eigenvalue weighted by Crippen LogP contribution is 2.41. The molecule has 3 aromatic rings. The van der Waals surface area contributed by atoms with Crippen LogP contribution in [0.1, 0.15) is 61.2 Å². The Morgan fingerprint density at radius 2 is 1.68 bits per heavy atom. The van der Waals surface area contributed by atoms with Crippen LogP contribution in [0.2, 0.25) is 0 Å². The number of rotatable bonds is 6. The number of aliphatic hydroxyl groups is 1. The topological polar surface area (TPSA) is 33.1 Å². The average Bonchev–Trinajstić information content (AvgIpc) is 3.33. The lowest BCUT2D eigenvalue weighted by molar-refractivity contribution is 0.479. The Morgan fingerprint density at radius 3 is 2.41 bits per heavy atom. The van der Waals surface area contributed by atoms with Crippen LogP contribution in [0, 0.1) is 17.5 Å². The molecule has 0 atom stereocenters. The first-order valence-corrected chi connectivity index (χ1v) is 12.1. The molecule has 1 aliphatic rings. The normalized spacial score (nSPS) is 13.0. The van der Waals surface area contributed by atoms with Crippen LogP contribution in [0.4, 0.5) is 13.2 Å². The molecule has 34 heavy (non-hydrogen) atoms. The second-order valence-corrected chi connectivity index (χ2v) is 8.70. The first-order valence-electron chi connectivity index (χ1n) is 11.3. The molecule has 4 rings (SSSR count). The number of aryl methyl sites for hydroxylation is 1. The third-order valence-corrected chi connectivity index (χ3v) is 6.25. The summed E-state index contributed by atoms with van der Waals surface area (Å²) in [6.45, 7) is 7.55. The van der Waals surface area contributed by atoms with Crippen LogP contribution >= 0.6 is 15.9 Å². The fourth-order valence-electron chi connectivity index (χ4n) is 4.19. The molecular formula is C28H27BrF3NO. The van der Waals surface area contributed by atoms with Crippen molar-refractivity contribution < 1.29 is 18.3 Å². The lowest BCUT2D eigenvalue weighted by Crippen LogP contribution is -2.03. The van der Waals surface area contributed by atoms with E-state index in [0.717, 1.165) is 63.8 Å². The minimum atomic E-state index is -1.13. The number of benzene rings is 2. The van der Waals surface area contributed by atoms with Gasteiger partial charge in [-0.15, -0.1) is 0 Å². The summed E-state index contributed by atoms with van der Waals surface area (Å²) in [6, 6.07) is 13.0. The van der Waals surface area contributed by atoms with Crippen LogP contribution in [0.3, 0.4) is 0 Å². The second-order valence-electron chi connectivity index (χ2n) is 7.79. The summed E-state index contributed by atoms with van der Waals surface area (Å²) in [4.78, 5) is 4.55. The van der Waals surface area contributed by atoms with E-state index in [1.54, 1.807) is 6.07 Å². The molecule has 0 saturated carbocycles. The molecule has 0 radical (unpaired) electrons. The van der Waals surface area contributed by atoms with Crippen molar-refractivity contribution >= 4 is 32.8 Å². The van der Waals surface area contributed by atoms with Gasteiger partial charge in [-0.1, -0.05) is 48.5 Å². The molecule has 178 valence electrons. The maximum atomic E-state index is 14.1. The highest BCUT2D eigenvalue weighted by Gasteiger charge is 2.22. The molecule has 2 nitrogen and oxygen atoms in total. The van der Waals surface area contributed by atoms with E-state index in [9.17, 15) is 18.3 Å². The standard InChI is InChI=1S/C26H21BrF3NO.C2H6/c1-15(32)24-6-3-7-25(31-24)19-5-2-4-18(19)21-14-17(27)10-8-16(21)9-11-20-22(28)12-13-23(29)26(20)30;1-2/h3,6-8,10,12-14,32H,1-2,4-5,9,11H2;1-2H3. The zero-order chi connectivity index (χ0) is 24.8. The predicted octanol–water partition coefficient (Wildman–Crippen LogP) is 8.70. The SMILES string of the molecule is C=C(O)c1cccc(C2=C(c3cc(Br)ccc3CCc3c(F)ccc(F)c3F)CCC2)n1.CC. The molecule has 1 aromatic heterocycles. The fourth-order valence-corrected chi connectivity index (χ4v) is 4.55. The van der Waals surface area contributed by atoms with Gasteiger partial charge in [-0.3, -0.25) is 0 Å². The van der Waals surface area contributed by atoms with Gasteiger partial charge in [0, 0.05) is 10.0 Å². The van der Waals surface area contributed by atoms with Gasteiger partial charge in [-0.2, -0.15) is 0 Å². The molecule has 1 N–H and O–H groups in total. The third kappa shape index (κ3) is 5.61. The molecule has 0 unspecified atom stereocenters. The molecule has 6 heteroatoms. The van der Waals surface area contributed by atoms with Gasteiger partial charge in [0.05, 0.1) is 5.69 Å². The van der Waals surface area contributed by atoms with Gasteiger partial charge in [-0.05, 0) is 90.8 Å². The van der Waals surface area contributed by atoms with Gasteiger partial charge in [0.1, 0.15) is 17.3 Å². The van der Waals surface area contributed by atoms with Crippen LogP contribution < -0.4 is 0 Å². The molecule has 0 amide bonds. The predicted molar refractivity (Wildman–Crippen MR) is 136 cm³/mol. The van der Waals surface area contributed by atoms with E-state index in [2.05, 4.69) is 27.5 Å². The zero-order valence-corrected chi connectivity index (χ0v) is 20.9. The highest BCUT2D eigenvalue weighted by atomic mass is 79.9. The quantitative estimate of drug-likeness (QED) is 0.256. The minimum Gasteiger partial charge on any atom is -0.506 e. The fraction of sp³-hybridized carbons (Fsp3) is 0.250. The van der Waals surface area contributed by atoms with Crippen molar-refractivity contribution in [2.45, 2.75) is 46.0 Å². The molecule has 1 aliphatic carbocycles. The number of pyridine rings is 1. The van der Waals surface area contributed by atoms with E-state index < -0.39 is 17.5 Å². The van der Waals surface area contributed by atoms with Crippen molar-refractivity contribution in [3.63, 3.8) is 0 Å². The summed E-state index contributed by atoms with van der Waals surface area (Å²) in [6.07, 6.45) is 3.04. The number of hydrogen-bond donors (Lipinski definition) is 1. The van der Waals surface area contributed by atoms with E-state index in [-0.39, 0.29) is 17.7 Å². The summed E-state index contributed by atoms with van der Waals surface area (Å²) in [5.41, 5.74) is 5.07. The van der Waals surface area contributed by atoms with E-state index >= 15 is 0 Å². The average molecular weight is 530 g/mol. The number of halogens is 4. The Morgan fingerprint density at radius 1 is 0.971 bits per heavy atom. The Bertz CT molecular complexity index is 1240. The number of aliphatic hydroxyl groups excluding tert-OH is 1. The summed E-state index contributed by atoms with van der Waals surface area (Å²) in [5, 5.41) is 9.73. The molecule has 0 bridgehead atoms. The van der Waals surface area contributed by atoms with Gasteiger partial charge < -0.3 is 5.11 Å². The van der Waals surface area contributed by atoms with Gasteiger partial charge in [0.2, 0.25) is 0 Å². The van der Waals surface area contributed by atoms with Gasteiger partial charge in [-0.25, -0.2) is 18.2 Å². The summed E-state index contributed by atoms with van der Waals surface area (Å²) < 4.78 is 42.8. The van der Waals surface area contributed by atoms with Crippen LogP contribution in [0.25, 0.3) is 16.9 Å². The number of aromatic nitrogens is 1. The van der Waals surface area contributed by atoms with Crippen LogP contribution in [0.15, 0.2) is 59.6 Å². The molecule has 1 heterocycles. The number of allylic oxidation sites excluding steroid dienone is 2. The van der Waals surface area contributed by atoms with Crippen LogP contribution in [-0.4, -0.2) is 10.1 Å². The smallest absolute Gasteiger partial charge is 0.164 e. The van der Waals surface area contributed by atoms with Crippen molar-refractivity contribution in [3.8, 4) is 0 Å². The van der Waals surface area contributed by atoms with Crippen molar-refractivity contribution in [1.82, 2.24) is 4.98 Å². The van der Waals surface area contributed by atoms with Crippen molar-refractivity contribution in [1.29, 1.82) is 0 Å². The second kappa shape index (κ2) is 11.5. The Kier molecular flexibility index (Phi) is 8.72. The Balaban J connectivity index is 0.00000158. The summed E-state index contributed by atoms with van der Waals surface area (Å²) >= 11 is 3.53. The van der Waals surface area contributed by atoms with E-state index in [1.807, 2.05) is 44.2 Å². The molecule has 2 aromatic carbocycles. The molecule has 0 spiro atoms. The van der Waals surface area contributed by atoms with Crippen molar-refractivity contribution in [2.75, 3.05) is 0 Å². The lowest BCUT2D eigenvalue weighted by Gasteiger charge is -2.15. The van der Waals surface area contributed by atoms with Gasteiger partial charge in [0.25, 0.3) is 0 Å². The molecule has 0 fully saturated rings. The molecule has 0 saturated heterocycles. The van der Waals surface area contributed by atoms with E-state index in [1.165, 1.54) is 0 Å².